The summed E-state index contributed by atoms with van der Waals surface area (Å²) in [5.41, 5.74) is 3.53. The Balaban J connectivity index is 1.38. The van der Waals surface area contributed by atoms with Crippen LogP contribution in [0.4, 0.5) is 5.69 Å². The van der Waals surface area contributed by atoms with Crippen LogP contribution in [0.3, 0.4) is 0 Å². The smallest absolute Gasteiger partial charge is 0.291 e. The van der Waals surface area contributed by atoms with E-state index in [-0.39, 0.29) is 17.4 Å². The lowest BCUT2D eigenvalue weighted by Gasteiger charge is -2.09. The largest absolute Gasteiger partial charge is 0.508 e. The average Bonchev–Trinajstić information content (AvgIpc) is 3.33. The lowest BCUT2D eigenvalue weighted by atomic mass is 10.1. The molecule has 3 aromatic carbocycles. The first kappa shape index (κ1) is 22.7. The number of hydrogen-bond acceptors (Lipinski definition) is 5. The quantitative estimate of drug-likeness (QED) is 0.318. The normalized spacial score (nSPS) is 10.9. The van der Waals surface area contributed by atoms with Crippen LogP contribution in [0, 0.1) is 0 Å². The highest BCUT2D eigenvalue weighted by Gasteiger charge is 2.14. The second kappa shape index (κ2) is 10.4. The lowest BCUT2D eigenvalue weighted by Crippen LogP contribution is -2.10. The number of furan rings is 1. The minimum absolute atomic E-state index is 0.230. The third kappa shape index (κ3) is 5.66. The number of hydrogen-bond donors (Lipinski definition) is 2. The van der Waals surface area contributed by atoms with Crippen LogP contribution < -0.4 is 14.8 Å². The summed E-state index contributed by atoms with van der Waals surface area (Å²) in [7, 11) is 3.22. The summed E-state index contributed by atoms with van der Waals surface area (Å²) in [6, 6.07) is 23.5. The van der Waals surface area contributed by atoms with E-state index in [1.165, 1.54) is 0 Å². The van der Waals surface area contributed by atoms with Gasteiger partial charge in [-0.2, -0.15) is 0 Å². The monoisotopic (exact) mass is 455 g/mol. The number of benzene rings is 3. The maximum atomic E-state index is 12.6. The first-order valence-corrected chi connectivity index (χ1v) is 10.7. The number of ether oxygens (including phenoxy) is 2. The topological polar surface area (TPSA) is 80.9 Å². The Bertz CT molecular complexity index is 1290. The number of amides is 1. The summed E-state index contributed by atoms with van der Waals surface area (Å²) < 4.78 is 16.5. The molecule has 0 atom stereocenters. The zero-order valence-corrected chi connectivity index (χ0v) is 18.9. The van der Waals surface area contributed by atoms with Crippen LogP contribution in [-0.4, -0.2) is 25.2 Å². The van der Waals surface area contributed by atoms with Crippen molar-refractivity contribution >= 4 is 23.7 Å². The van der Waals surface area contributed by atoms with Crippen LogP contribution in [0.25, 0.3) is 12.2 Å². The van der Waals surface area contributed by atoms with Gasteiger partial charge in [0.05, 0.1) is 14.2 Å². The molecule has 2 N–H and O–H groups in total. The van der Waals surface area contributed by atoms with Crippen molar-refractivity contribution in [1.29, 1.82) is 0 Å². The molecule has 0 bridgehead atoms. The average molecular weight is 456 g/mol. The van der Waals surface area contributed by atoms with Crippen molar-refractivity contribution in [2.45, 2.75) is 6.42 Å². The molecule has 4 rings (SSSR count). The fourth-order valence-electron chi connectivity index (χ4n) is 3.45. The van der Waals surface area contributed by atoms with Crippen LogP contribution in [0.1, 0.15) is 33.0 Å². The molecule has 6 nitrogen and oxygen atoms in total. The van der Waals surface area contributed by atoms with Crippen LogP contribution in [0.15, 0.2) is 83.3 Å². The third-order valence-electron chi connectivity index (χ3n) is 5.27. The van der Waals surface area contributed by atoms with Crippen LogP contribution in [0.5, 0.6) is 17.2 Å². The van der Waals surface area contributed by atoms with Crippen molar-refractivity contribution < 1.29 is 23.8 Å². The van der Waals surface area contributed by atoms with Gasteiger partial charge in [0, 0.05) is 17.7 Å². The molecular weight excluding hydrogens is 430 g/mol. The van der Waals surface area contributed by atoms with Gasteiger partial charge >= 0.3 is 0 Å². The molecule has 0 aliphatic carbocycles. The minimum atomic E-state index is -0.323. The fraction of sp³-hybridized carbons (Fsp3) is 0.107. The fourth-order valence-corrected chi connectivity index (χ4v) is 3.45. The predicted octanol–water partition coefficient (Wildman–Crippen LogP) is 6.02. The van der Waals surface area contributed by atoms with Gasteiger partial charge in [-0.1, -0.05) is 36.4 Å². The summed E-state index contributed by atoms with van der Waals surface area (Å²) >= 11 is 0. The van der Waals surface area contributed by atoms with Gasteiger partial charge < -0.3 is 24.3 Å². The van der Waals surface area contributed by atoms with E-state index in [0.717, 1.165) is 28.2 Å². The van der Waals surface area contributed by atoms with Gasteiger partial charge in [0.25, 0.3) is 5.91 Å². The Morgan fingerprint density at radius 2 is 1.56 bits per heavy atom. The summed E-state index contributed by atoms with van der Waals surface area (Å²) in [6.07, 6.45) is 4.38. The first-order valence-electron chi connectivity index (χ1n) is 10.7. The maximum absolute atomic E-state index is 12.6. The van der Waals surface area contributed by atoms with Crippen molar-refractivity contribution in [3.63, 3.8) is 0 Å². The second-order valence-corrected chi connectivity index (χ2v) is 7.62. The van der Waals surface area contributed by atoms with Crippen molar-refractivity contribution in [3.05, 3.63) is 107 Å². The van der Waals surface area contributed by atoms with E-state index >= 15 is 0 Å². The Morgan fingerprint density at radius 1 is 0.882 bits per heavy atom. The van der Waals surface area contributed by atoms with Gasteiger partial charge in [-0.15, -0.1) is 0 Å². The van der Waals surface area contributed by atoms with Crippen LogP contribution >= 0.6 is 0 Å². The SMILES string of the molecule is COc1ccc(OC)c(Cc2ccc(C(=O)Nc3ccc(/C=C/c4ccc(O)cc4)cc3)o2)c1. The number of nitrogens with one attached hydrogen (secondary N) is 1. The standard InChI is InChI=1S/C28H25NO5/c1-32-24-13-15-26(33-2)21(17-24)18-25-14-16-27(34-25)28(31)29-22-9-5-19(6-10-22)3-4-20-7-11-23(30)12-8-20/h3-17,30H,18H2,1-2H3,(H,29,31)/b4-3+. The number of carbonyl (C=O) groups excluding carboxylic acids is 1. The van der Waals surface area contributed by atoms with E-state index in [0.29, 0.717) is 17.9 Å². The summed E-state index contributed by atoms with van der Waals surface area (Å²) in [5, 5.41) is 12.2. The number of carbonyl (C=O) groups is 1. The molecule has 0 saturated heterocycles. The molecule has 4 aromatic rings. The van der Waals surface area contributed by atoms with E-state index in [1.807, 2.05) is 66.7 Å². The van der Waals surface area contributed by atoms with Gasteiger partial charge in [0.1, 0.15) is 23.0 Å². The number of aromatic hydroxyl groups is 1. The Kier molecular flexibility index (Phi) is 6.98. The molecule has 34 heavy (non-hydrogen) atoms. The molecule has 6 heteroatoms. The molecular formula is C28H25NO5. The number of phenols is 1. The number of anilines is 1. The van der Waals surface area contributed by atoms with E-state index in [9.17, 15) is 9.90 Å². The molecule has 0 radical (unpaired) electrons. The molecule has 0 aliphatic heterocycles. The third-order valence-corrected chi connectivity index (χ3v) is 5.27. The van der Waals surface area contributed by atoms with Crippen LogP contribution in [0.2, 0.25) is 0 Å². The van der Waals surface area contributed by atoms with Gasteiger partial charge in [0.15, 0.2) is 5.76 Å². The van der Waals surface area contributed by atoms with E-state index in [1.54, 1.807) is 38.5 Å². The number of rotatable bonds is 8. The Hall–Kier alpha value is -4.45. The number of phenolic OH excluding ortho intramolecular Hbond substituents is 1. The lowest BCUT2D eigenvalue weighted by molar-refractivity contribution is 0.0995. The zero-order valence-electron chi connectivity index (χ0n) is 18.9. The van der Waals surface area contributed by atoms with Gasteiger partial charge in [0.2, 0.25) is 0 Å². The highest BCUT2D eigenvalue weighted by atomic mass is 16.5. The van der Waals surface area contributed by atoms with Gasteiger partial charge in [-0.05, 0) is 65.7 Å². The second-order valence-electron chi connectivity index (χ2n) is 7.62. The van der Waals surface area contributed by atoms with Gasteiger partial charge in [-0.3, -0.25) is 4.79 Å². The molecule has 0 spiro atoms. The van der Waals surface area contributed by atoms with E-state index < -0.39 is 0 Å². The van der Waals surface area contributed by atoms with Crippen molar-refractivity contribution in [2.24, 2.45) is 0 Å². The summed E-state index contributed by atoms with van der Waals surface area (Å²) in [5.74, 6) is 2.24. The first-order chi connectivity index (χ1) is 16.5. The zero-order chi connectivity index (χ0) is 23.9. The van der Waals surface area contributed by atoms with Crippen molar-refractivity contribution in [2.75, 3.05) is 19.5 Å². The summed E-state index contributed by atoms with van der Waals surface area (Å²) in [6.45, 7) is 0. The Morgan fingerprint density at radius 3 is 2.21 bits per heavy atom. The maximum Gasteiger partial charge on any atom is 0.291 e. The molecule has 1 heterocycles. The minimum Gasteiger partial charge on any atom is -0.508 e. The van der Waals surface area contributed by atoms with Crippen LogP contribution in [-0.2, 0) is 6.42 Å². The molecule has 172 valence electrons. The molecule has 0 fully saturated rings. The molecule has 0 aliphatic rings. The molecule has 1 aromatic heterocycles. The van der Waals surface area contributed by atoms with Gasteiger partial charge in [-0.25, -0.2) is 0 Å². The molecule has 1 amide bonds. The molecule has 0 saturated carbocycles. The van der Waals surface area contributed by atoms with E-state index in [2.05, 4.69) is 5.32 Å². The van der Waals surface area contributed by atoms with Crippen molar-refractivity contribution in [3.8, 4) is 17.2 Å². The highest BCUT2D eigenvalue weighted by molar-refractivity contribution is 6.02. The van der Waals surface area contributed by atoms with E-state index in [4.69, 9.17) is 13.9 Å². The highest BCUT2D eigenvalue weighted by Crippen LogP contribution is 2.27. The molecule has 0 unspecified atom stereocenters. The van der Waals surface area contributed by atoms with Crippen molar-refractivity contribution in [1.82, 2.24) is 0 Å². The number of methoxy groups -OCH3 is 2. The predicted molar refractivity (Wildman–Crippen MR) is 132 cm³/mol. The summed E-state index contributed by atoms with van der Waals surface area (Å²) in [4.78, 5) is 12.6. The Labute approximate surface area is 198 Å².